The number of hydrogen-bond donors (Lipinski definition) is 2. The van der Waals surface area contributed by atoms with Crippen LogP contribution < -0.4 is 0 Å². The van der Waals surface area contributed by atoms with Crippen LogP contribution in [0.15, 0.2) is 0 Å². The van der Waals surface area contributed by atoms with Crippen molar-refractivity contribution in [1.82, 2.24) is 0 Å². The monoisotopic (exact) mass is 132 g/mol. The zero-order valence-electron chi connectivity index (χ0n) is 5.45. The fourth-order valence-electron chi connectivity index (χ4n) is 0.945. The fraction of sp³-hybridized carbons (Fsp3) is 1.00. The maximum atomic E-state index is 8.92. The summed E-state index contributed by atoms with van der Waals surface area (Å²) in [7, 11) is 0. The molecule has 1 rings (SSSR count). The Bertz CT molecular complexity index is 94.3. The molecule has 1 aliphatic heterocycles. The molecule has 1 saturated heterocycles. The van der Waals surface area contributed by atoms with E-state index in [9.17, 15) is 0 Å². The molecule has 0 aromatic carbocycles. The molecule has 0 bridgehead atoms. The first-order valence-electron chi connectivity index (χ1n) is 3.21. The van der Waals surface area contributed by atoms with Gasteiger partial charge < -0.3 is 14.9 Å². The predicted molar refractivity (Wildman–Crippen MR) is 31.8 cm³/mol. The van der Waals surface area contributed by atoms with Crippen molar-refractivity contribution < 1.29 is 14.9 Å². The van der Waals surface area contributed by atoms with Crippen LogP contribution in [0.25, 0.3) is 0 Å². The van der Waals surface area contributed by atoms with Gasteiger partial charge in [-0.15, -0.1) is 0 Å². The highest BCUT2D eigenvalue weighted by Gasteiger charge is 2.24. The highest BCUT2D eigenvalue weighted by atomic mass is 16.6. The summed E-state index contributed by atoms with van der Waals surface area (Å²) >= 11 is 0. The third kappa shape index (κ3) is 1.64. The molecule has 0 radical (unpaired) electrons. The summed E-state index contributed by atoms with van der Waals surface area (Å²) in [6.07, 6.45) is -0.0843. The molecule has 3 atom stereocenters. The summed E-state index contributed by atoms with van der Waals surface area (Å²) in [5.74, 6) is 0. The number of aliphatic hydroxyl groups is 2. The molecule has 0 aromatic heterocycles. The van der Waals surface area contributed by atoms with E-state index in [4.69, 9.17) is 14.9 Å². The Balaban J connectivity index is 2.35. The molecule has 3 nitrogen and oxygen atoms in total. The van der Waals surface area contributed by atoms with Gasteiger partial charge in [0.1, 0.15) is 6.10 Å². The molecular weight excluding hydrogens is 120 g/mol. The van der Waals surface area contributed by atoms with Gasteiger partial charge in [0, 0.05) is 0 Å². The minimum atomic E-state index is -0.964. The Morgan fingerprint density at radius 3 is 2.44 bits per heavy atom. The lowest BCUT2D eigenvalue weighted by Gasteiger charge is -2.28. The third-order valence-corrected chi connectivity index (χ3v) is 1.57. The number of ether oxygens (including phenoxy) is 1. The number of rotatable bonds is 0. The second kappa shape index (κ2) is 2.64. The van der Waals surface area contributed by atoms with E-state index >= 15 is 0 Å². The Labute approximate surface area is 54.3 Å². The lowest BCUT2D eigenvalue weighted by atomic mass is 10.1. The first-order chi connectivity index (χ1) is 4.20. The van der Waals surface area contributed by atoms with E-state index in [1.165, 1.54) is 0 Å². The van der Waals surface area contributed by atoms with Crippen LogP contribution in [0.5, 0.6) is 0 Å². The molecule has 0 saturated carbocycles. The molecule has 1 unspecified atom stereocenters. The van der Waals surface area contributed by atoms with Gasteiger partial charge in [0.25, 0.3) is 0 Å². The van der Waals surface area contributed by atoms with Crippen molar-refractivity contribution in [3.63, 3.8) is 0 Å². The molecule has 54 valence electrons. The normalized spacial score (nSPS) is 45.0. The summed E-state index contributed by atoms with van der Waals surface area (Å²) in [5, 5.41) is 17.8. The maximum absolute atomic E-state index is 8.92. The van der Waals surface area contributed by atoms with Gasteiger partial charge in [0.05, 0.1) is 6.10 Å². The molecule has 0 aromatic rings. The smallest absolute Gasteiger partial charge is 0.181 e. The second-order valence-corrected chi connectivity index (χ2v) is 2.48. The third-order valence-electron chi connectivity index (χ3n) is 1.57. The van der Waals surface area contributed by atoms with Crippen molar-refractivity contribution in [1.29, 1.82) is 0 Å². The van der Waals surface area contributed by atoms with Crippen LogP contribution in [0.2, 0.25) is 0 Å². The average molecular weight is 132 g/mol. The first kappa shape index (κ1) is 6.99. The molecule has 1 fully saturated rings. The molecule has 1 heterocycles. The number of aliphatic hydroxyl groups excluding tert-OH is 2. The molecule has 9 heavy (non-hydrogen) atoms. The van der Waals surface area contributed by atoms with Crippen LogP contribution in [-0.2, 0) is 4.74 Å². The van der Waals surface area contributed by atoms with Crippen LogP contribution in [0.1, 0.15) is 19.8 Å². The Morgan fingerprint density at radius 1 is 1.33 bits per heavy atom. The lowest BCUT2D eigenvalue weighted by Crippen LogP contribution is -2.37. The summed E-state index contributed by atoms with van der Waals surface area (Å²) < 4.78 is 4.90. The van der Waals surface area contributed by atoms with Crippen LogP contribution in [-0.4, -0.2) is 28.7 Å². The Kier molecular flexibility index (Phi) is 2.05. The van der Waals surface area contributed by atoms with Crippen LogP contribution in [0.3, 0.4) is 0 Å². The van der Waals surface area contributed by atoms with E-state index in [-0.39, 0.29) is 6.10 Å². The number of hydrogen-bond acceptors (Lipinski definition) is 3. The van der Waals surface area contributed by atoms with Crippen molar-refractivity contribution in [3.8, 4) is 0 Å². The molecule has 2 N–H and O–H groups in total. The van der Waals surface area contributed by atoms with E-state index in [2.05, 4.69) is 0 Å². The zero-order chi connectivity index (χ0) is 6.85. The zero-order valence-corrected chi connectivity index (χ0v) is 5.45. The average Bonchev–Trinajstić information content (AvgIpc) is 1.80. The summed E-state index contributed by atoms with van der Waals surface area (Å²) in [4.78, 5) is 0. The van der Waals surface area contributed by atoms with Crippen LogP contribution in [0.4, 0.5) is 0 Å². The predicted octanol–water partition coefficient (Wildman–Crippen LogP) is -0.135. The molecule has 0 amide bonds. The summed E-state index contributed by atoms with van der Waals surface area (Å²) in [6.45, 7) is 1.88. The molecule has 0 aliphatic carbocycles. The van der Waals surface area contributed by atoms with E-state index in [0.29, 0.717) is 6.42 Å². The minimum absolute atomic E-state index is 0.0865. The second-order valence-electron chi connectivity index (χ2n) is 2.48. The molecule has 1 aliphatic rings. The van der Waals surface area contributed by atoms with Crippen molar-refractivity contribution in [2.45, 2.75) is 38.3 Å². The Morgan fingerprint density at radius 2 is 2.00 bits per heavy atom. The topological polar surface area (TPSA) is 49.7 Å². The summed E-state index contributed by atoms with van der Waals surface area (Å²) in [6, 6.07) is 0. The van der Waals surface area contributed by atoms with E-state index in [1.54, 1.807) is 0 Å². The van der Waals surface area contributed by atoms with Gasteiger partial charge in [-0.3, -0.25) is 0 Å². The quantitative estimate of drug-likeness (QED) is 0.482. The van der Waals surface area contributed by atoms with Crippen molar-refractivity contribution in [3.05, 3.63) is 0 Å². The van der Waals surface area contributed by atoms with Gasteiger partial charge in [-0.2, -0.15) is 0 Å². The standard InChI is InChI=1S/C6H12O3/c1-4-2-3-5(7)6(8)9-4/h4-8H,2-3H2,1H3/t4?,5-,6-/m1/s1. The minimum Gasteiger partial charge on any atom is -0.388 e. The SMILES string of the molecule is CC1CC[C@@H](O)[C@H](O)O1. The van der Waals surface area contributed by atoms with Gasteiger partial charge in [0.2, 0.25) is 0 Å². The largest absolute Gasteiger partial charge is 0.388 e. The maximum Gasteiger partial charge on any atom is 0.181 e. The molecular formula is C6H12O3. The van der Waals surface area contributed by atoms with Crippen molar-refractivity contribution in [2.24, 2.45) is 0 Å². The van der Waals surface area contributed by atoms with Gasteiger partial charge in [-0.05, 0) is 19.8 Å². The van der Waals surface area contributed by atoms with Crippen LogP contribution >= 0.6 is 0 Å². The van der Waals surface area contributed by atoms with Gasteiger partial charge in [-0.25, -0.2) is 0 Å². The lowest BCUT2D eigenvalue weighted by molar-refractivity contribution is -0.210. The highest BCUT2D eigenvalue weighted by molar-refractivity contribution is 4.68. The van der Waals surface area contributed by atoms with Gasteiger partial charge >= 0.3 is 0 Å². The van der Waals surface area contributed by atoms with Gasteiger partial charge in [0.15, 0.2) is 6.29 Å². The van der Waals surface area contributed by atoms with E-state index in [1.807, 2.05) is 6.92 Å². The molecule has 3 heteroatoms. The first-order valence-corrected chi connectivity index (χ1v) is 3.21. The molecule has 0 spiro atoms. The van der Waals surface area contributed by atoms with Crippen molar-refractivity contribution >= 4 is 0 Å². The summed E-state index contributed by atoms with van der Waals surface area (Å²) in [5.41, 5.74) is 0. The Hall–Kier alpha value is -0.120. The van der Waals surface area contributed by atoms with E-state index in [0.717, 1.165) is 6.42 Å². The van der Waals surface area contributed by atoms with Crippen LogP contribution in [0, 0.1) is 0 Å². The highest BCUT2D eigenvalue weighted by Crippen LogP contribution is 2.16. The van der Waals surface area contributed by atoms with E-state index < -0.39 is 12.4 Å². The van der Waals surface area contributed by atoms with Crippen molar-refractivity contribution in [2.75, 3.05) is 0 Å². The van der Waals surface area contributed by atoms with Gasteiger partial charge in [-0.1, -0.05) is 0 Å². The fourth-order valence-corrected chi connectivity index (χ4v) is 0.945.